The Hall–Kier alpha value is -2.16. The van der Waals surface area contributed by atoms with Gasteiger partial charge in [-0.25, -0.2) is 9.59 Å². The van der Waals surface area contributed by atoms with Crippen molar-refractivity contribution in [2.24, 2.45) is 0 Å². The van der Waals surface area contributed by atoms with Crippen LogP contribution in [0.15, 0.2) is 0 Å². The monoisotopic (exact) mass is 244 g/mol. The molecule has 1 aliphatic heterocycles. The summed E-state index contributed by atoms with van der Waals surface area (Å²) in [6.07, 6.45) is 0. The number of nitrogens with zero attached hydrogens (tertiary/aromatic N) is 1. The molecule has 9 nitrogen and oxygen atoms in total. The van der Waals surface area contributed by atoms with Crippen molar-refractivity contribution in [3.8, 4) is 0 Å². The molecule has 6 amide bonds. The van der Waals surface area contributed by atoms with Gasteiger partial charge in [-0.05, 0) is 0 Å². The molecule has 0 aromatic heterocycles. The molecule has 1 fully saturated rings. The van der Waals surface area contributed by atoms with E-state index in [2.05, 4.69) is 10.6 Å². The molecule has 0 spiro atoms. The molecule has 1 unspecified atom stereocenters. The van der Waals surface area contributed by atoms with Crippen molar-refractivity contribution in [3.63, 3.8) is 0 Å². The van der Waals surface area contributed by atoms with Crippen molar-refractivity contribution in [2.45, 2.75) is 5.72 Å². The van der Waals surface area contributed by atoms with Crippen molar-refractivity contribution >= 4 is 23.9 Å². The van der Waals surface area contributed by atoms with Crippen LogP contribution in [0.1, 0.15) is 0 Å². The molecule has 1 saturated heterocycles. The quantitative estimate of drug-likeness (QED) is 0.382. The van der Waals surface area contributed by atoms with E-state index in [4.69, 9.17) is 4.74 Å². The minimum Gasteiger partial charge on any atom is -0.354 e. The number of likely N-dealkylation sites (N-methyl/N-ethyl adjacent to an activating group) is 1. The average molecular weight is 244 g/mol. The number of nitrogens with one attached hydrogen (secondary N) is 3. The highest BCUT2D eigenvalue weighted by Crippen LogP contribution is 2.23. The summed E-state index contributed by atoms with van der Waals surface area (Å²) in [5, 5.41) is 6.14. The lowest BCUT2D eigenvalue weighted by atomic mass is 10.2. The highest BCUT2D eigenvalue weighted by atomic mass is 16.5. The standard InChI is InChI=1S/C8H12N4O5/c1-9-4(13)8(17-3)5(14)11-7(16)12(8)6(15)10-2/h1-3H3,(H,9,13)(H,10,15)(H,11,14,16). The molecule has 94 valence electrons. The van der Waals surface area contributed by atoms with E-state index in [0.717, 1.165) is 7.11 Å². The second-order valence-corrected chi connectivity index (χ2v) is 3.08. The third-order valence-electron chi connectivity index (χ3n) is 2.29. The molecule has 17 heavy (non-hydrogen) atoms. The van der Waals surface area contributed by atoms with Crippen molar-refractivity contribution in [1.29, 1.82) is 0 Å². The third kappa shape index (κ3) is 1.60. The van der Waals surface area contributed by atoms with E-state index in [1.54, 1.807) is 0 Å². The van der Waals surface area contributed by atoms with Crippen molar-refractivity contribution < 1.29 is 23.9 Å². The van der Waals surface area contributed by atoms with Crippen LogP contribution in [-0.2, 0) is 14.3 Å². The van der Waals surface area contributed by atoms with Crippen molar-refractivity contribution in [2.75, 3.05) is 21.2 Å². The van der Waals surface area contributed by atoms with Crippen LogP contribution >= 0.6 is 0 Å². The summed E-state index contributed by atoms with van der Waals surface area (Å²) < 4.78 is 4.79. The first kappa shape index (κ1) is 12.9. The lowest BCUT2D eigenvalue weighted by Crippen LogP contribution is -2.63. The van der Waals surface area contributed by atoms with Crippen LogP contribution in [-0.4, -0.2) is 55.7 Å². The van der Waals surface area contributed by atoms with Crippen LogP contribution in [0.2, 0.25) is 0 Å². The smallest absolute Gasteiger partial charge is 0.335 e. The molecule has 1 rings (SSSR count). The van der Waals surface area contributed by atoms with E-state index in [-0.39, 0.29) is 0 Å². The fraction of sp³-hybridized carbons (Fsp3) is 0.500. The Balaban J connectivity index is 3.32. The van der Waals surface area contributed by atoms with Gasteiger partial charge in [0, 0.05) is 21.2 Å². The van der Waals surface area contributed by atoms with E-state index in [9.17, 15) is 19.2 Å². The molecule has 0 aliphatic carbocycles. The Morgan fingerprint density at radius 3 is 2.29 bits per heavy atom. The SMILES string of the molecule is CNC(=O)N1C(=O)NC(=O)C1(OC)C(=O)NC. The summed E-state index contributed by atoms with van der Waals surface area (Å²) in [7, 11) is 3.55. The Kier molecular flexibility index (Phi) is 3.32. The fourth-order valence-electron chi connectivity index (χ4n) is 1.48. The van der Waals surface area contributed by atoms with Gasteiger partial charge in [-0.15, -0.1) is 0 Å². The van der Waals surface area contributed by atoms with Crippen LogP contribution in [0.25, 0.3) is 0 Å². The zero-order valence-electron chi connectivity index (χ0n) is 9.49. The second-order valence-electron chi connectivity index (χ2n) is 3.08. The molecule has 0 aromatic carbocycles. The summed E-state index contributed by atoms with van der Waals surface area (Å²) in [6.45, 7) is 0. The number of urea groups is 2. The van der Waals surface area contributed by atoms with Gasteiger partial charge in [0.25, 0.3) is 11.8 Å². The highest BCUT2D eigenvalue weighted by Gasteiger charge is 2.62. The molecule has 1 aliphatic rings. The number of methoxy groups -OCH3 is 1. The van der Waals surface area contributed by atoms with E-state index in [0.29, 0.717) is 4.90 Å². The van der Waals surface area contributed by atoms with Gasteiger partial charge in [0.05, 0.1) is 0 Å². The molecule has 1 heterocycles. The number of hydrogen-bond donors (Lipinski definition) is 3. The minimum absolute atomic E-state index is 0.383. The van der Waals surface area contributed by atoms with E-state index in [1.807, 2.05) is 5.32 Å². The average Bonchev–Trinajstić information content (AvgIpc) is 2.58. The van der Waals surface area contributed by atoms with Crippen LogP contribution in [0, 0.1) is 0 Å². The Morgan fingerprint density at radius 2 is 1.88 bits per heavy atom. The third-order valence-corrected chi connectivity index (χ3v) is 2.29. The Bertz CT molecular complexity index is 395. The minimum atomic E-state index is -2.31. The highest BCUT2D eigenvalue weighted by molar-refractivity contribution is 6.23. The molecule has 0 bridgehead atoms. The van der Waals surface area contributed by atoms with Crippen LogP contribution in [0.4, 0.5) is 9.59 Å². The molecule has 0 saturated carbocycles. The predicted molar refractivity (Wildman–Crippen MR) is 53.6 cm³/mol. The van der Waals surface area contributed by atoms with Gasteiger partial charge < -0.3 is 15.4 Å². The van der Waals surface area contributed by atoms with Gasteiger partial charge >= 0.3 is 17.8 Å². The lowest BCUT2D eigenvalue weighted by molar-refractivity contribution is -0.165. The zero-order chi connectivity index (χ0) is 13.2. The number of imide groups is 2. The van der Waals surface area contributed by atoms with Crippen LogP contribution < -0.4 is 16.0 Å². The predicted octanol–water partition coefficient (Wildman–Crippen LogP) is -2.03. The van der Waals surface area contributed by atoms with E-state index < -0.39 is 29.6 Å². The summed E-state index contributed by atoms with van der Waals surface area (Å²) >= 11 is 0. The molecule has 1 atom stereocenters. The topological polar surface area (TPSA) is 117 Å². The summed E-state index contributed by atoms with van der Waals surface area (Å²) in [4.78, 5) is 46.7. The molecular formula is C8H12N4O5. The maximum atomic E-state index is 11.7. The number of carbonyl (C=O) groups is 4. The fourth-order valence-corrected chi connectivity index (χ4v) is 1.48. The number of ether oxygens (including phenoxy) is 1. The largest absolute Gasteiger partial charge is 0.354 e. The molecule has 9 heteroatoms. The first-order valence-electron chi connectivity index (χ1n) is 4.60. The van der Waals surface area contributed by atoms with Crippen molar-refractivity contribution in [1.82, 2.24) is 20.9 Å². The maximum Gasteiger partial charge on any atom is 0.335 e. The van der Waals surface area contributed by atoms with E-state index >= 15 is 0 Å². The van der Waals surface area contributed by atoms with Gasteiger partial charge in [0.15, 0.2) is 0 Å². The summed E-state index contributed by atoms with van der Waals surface area (Å²) in [6, 6.07) is -1.96. The molecule has 0 aromatic rings. The van der Waals surface area contributed by atoms with Crippen LogP contribution in [0.3, 0.4) is 0 Å². The normalized spacial score (nSPS) is 23.4. The first-order valence-corrected chi connectivity index (χ1v) is 4.60. The van der Waals surface area contributed by atoms with Crippen molar-refractivity contribution in [3.05, 3.63) is 0 Å². The number of rotatable bonds is 2. The van der Waals surface area contributed by atoms with Crippen LogP contribution in [0.5, 0.6) is 0 Å². The molecule has 0 radical (unpaired) electrons. The van der Waals surface area contributed by atoms with Gasteiger partial charge in [-0.1, -0.05) is 0 Å². The first-order chi connectivity index (χ1) is 7.95. The summed E-state index contributed by atoms with van der Waals surface area (Å²) in [5.41, 5.74) is -2.31. The molecule has 3 N–H and O–H groups in total. The van der Waals surface area contributed by atoms with E-state index in [1.165, 1.54) is 14.1 Å². The number of hydrogen-bond acceptors (Lipinski definition) is 5. The Morgan fingerprint density at radius 1 is 1.29 bits per heavy atom. The summed E-state index contributed by atoms with van der Waals surface area (Å²) in [5.74, 6) is -1.94. The molecular weight excluding hydrogens is 232 g/mol. The van der Waals surface area contributed by atoms with Gasteiger partial charge in [0.1, 0.15) is 0 Å². The number of amides is 6. The maximum absolute atomic E-state index is 11.7. The number of carbonyl (C=O) groups excluding carboxylic acids is 4. The zero-order valence-corrected chi connectivity index (χ0v) is 9.49. The van der Waals surface area contributed by atoms with Gasteiger partial charge in [0.2, 0.25) is 0 Å². The second kappa shape index (κ2) is 4.37. The lowest BCUT2D eigenvalue weighted by Gasteiger charge is -2.29. The Labute approximate surface area is 96.5 Å². The van der Waals surface area contributed by atoms with Gasteiger partial charge in [-0.2, -0.15) is 4.90 Å². The van der Waals surface area contributed by atoms with Gasteiger partial charge in [-0.3, -0.25) is 14.9 Å².